The van der Waals surface area contributed by atoms with E-state index in [0.717, 1.165) is 0 Å². The molecule has 2 unspecified atom stereocenters. The molecule has 0 aliphatic rings. The lowest BCUT2D eigenvalue weighted by molar-refractivity contribution is -0.102. The maximum absolute atomic E-state index is 11.2. The first kappa shape index (κ1) is 19.9. The van der Waals surface area contributed by atoms with Gasteiger partial charge in [0.1, 0.15) is 12.9 Å². The minimum absolute atomic E-state index is 0.0731. The summed E-state index contributed by atoms with van der Waals surface area (Å²) in [4.78, 5) is 0. The first-order valence-corrected chi connectivity index (χ1v) is 7.70. The van der Waals surface area contributed by atoms with Gasteiger partial charge in [0.25, 0.3) is 0 Å². The van der Waals surface area contributed by atoms with Crippen LogP contribution in [-0.2, 0) is 27.8 Å². The third kappa shape index (κ3) is 12.9. The maximum Gasteiger partial charge on any atom is 0.700 e. The summed E-state index contributed by atoms with van der Waals surface area (Å²) in [5.41, 5.74) is 0. The minimum Gasteiger partial charge on any atom is -0.396 e. The van der Waals surface area contributed by atoms with Crippen molar-refractivity contribution in [2.75, 3.05) is 33.4 Å². The van der Waals surface area contributed by atoms with Crippen molar-refractivity contribution in [2.24, 2.45) is 5.92 Å². The maximum atomic E-state index is 11.2. The molecule has 2 atom stereocenters. The summed E-state index contributed by atoms with van der Waals surface area (Å²) < 4.78 is 36.5. The molecule has 0 spiro atoms. The fourth-order valence-electron chi connectivity index (χ4n) is 1.05. The Labute approximate surface area is 121 Å². The van der Waals surface area contributed by atoms with E-state index in [-0.39, 0.29) is 44.9 Å². The van der Waals surface area contributed by atoms with Crippen molar-refractivity contribution in [3.63, 3.8) is 0 Å². The molecule has 20 heavy (non-hydrogen) atoms. The highest BCUT2D eigenvalue weighted by atomic mass is 31.1. The van der Waals surface area contributed by atoms with Gasteiger partial charge < -0.3 is 19.3 Å². The molecule has 0 aliphatic heterocycles. The lowest BCUT2D eigenvalue weighted by Gasteiger charge is -2.14. The van der Waals surface area contributed by atoms with Crippen LogP contribution in [0, 0.1) is 5.92 Å². The summed E-state index contributed by atoms with van der Waals surface area (Å²) in [6.07, 6.45) is -0.0670. The molecular weight excluding hydrogens is 287 g/mol. The Morgan fingerprint density at radius 3 is 2.10 bits per heavy atom. The van der Waals surface area contributed by atoms with Gasteiger partial charge >= 0.3 is 8.25 Å². The molecule has 0 radical (unpaired) electrons. The number of hydrogen-bond donors (Lipinski definition) is 1. The van der Waals surface area contributed by atoms with Crippen molar-refractivity contribution in [1.29, 1.82) is 0 Å². The molecule has 0 fully saturated rings. The van der Waals surface area contributed by atoms with Gasteiger partial charge in [0.2, 0.25) is 6.79 Å². The van der Waals surface area contributed by atoms with E-state index in [2.05, 4.69) is 0 Å². The molecule has 0 aromatic rings. The molecule has 0 aromatic carbocycles. The van der Waals surface area contributed by atoms with Crippen LogP contribution >= 0.6 is 8.25 Å². The first-order valence-electron chi connectivity index (χ1n) is 6.60. The summed E-state index contributed by atoms with van der Waals surface area (Å²) in [6.45, 7) is 7.85. The lowest BCUT2D eigenvalue weighted by Crippen LogP contribution is -2.22. The summed E-state index contributed by atoms with van der Waals surface area (Å²) in [5, 5.41) is 9.14. The van der Waals surface area contributed by atoms with Gasteiger partial charge in [-0.1, -0.05) is 4.52 Å². The quantitative estimate of drug-likeness (QED) is 0.316. The largest absolute Gasteiger partial charge is 0.700 e. The van der Waals surface area contributed by atoms with E-state index in [1.165, 1.54) is 0 Å². The van der Waals surface area contributed by atoms with Crippen molar-refractivity contribution in [3.8, 4) is 0 Å². The molecule has 0 bridgehead atoms. The van der Waals surface area contributed by atoms with Crippen LogP contribution in [0.2, 0.25) is 0 Å². The van der Waals surface area contributed by atoms with E-state index in [9.17, 15) is 4.57 Å². The lowest BCUT2D eigenvalue weighted by atomic mass is 10.2. The monoisotopic (exact) mass is 313 g/mol. The van der Waals surface area contributed by atoms with Crippen LogP contribution in [0.3, 0.4) is 0 Å². The van der Waals surface area contributed by atoms with E-state index < -0.39 is 8.25 Å². The number of aliphatic hydroxyl groups is 1. The number of aliphatic hydroxyl groups excluding tert-OH is 1. The first-order chi connectivity index (χ1) is 9.45. The Balaban J connectivity index is 3.56. The predicted molar refractivity (Wildman–Crippen MR) is 73.3 cm³/mol. The second-order valence-corrected chi connectivity index (χ2v) is 5.66. The number of rotatable bonds is 13. The number of ether oxygens (including phenoxy) is 3. The van der Waals surface area contributed by atoms with E-state index in [0.29, 0.717) is 6.61 Å². The standard InChI is InChI=1S/C12H26O7P/c1-10(2)17-8-15-6-12(5-13)7-16-9-18-20(14)19-11(3)4/h10-13H,5-9H2,1-4H3/q+1. The van der Waals surface area contributed by atoms with Gasteiger partial charge in [-0.15, -0.1) is 4.52 Å². The Bertz CT molecular complexity index is 248. The van der Waals surface area contributed by atoms with Crippen LogP contribution in [-0.4, -0.2) is 50.7 Å². The molecule has 0 heterocycles. The van der Waals surface area contributed by atoms with Gasteiger partial charge in [0.15, 0.2) is 0 Å². The van der Waals surface area contributed by atoms with Crippen LogP contribution in [0.1, 0.15) is 27.7 Å². The van der Waals surface area contributed by atoms with Crippen molar-refractivity contribution in [3.05, 3.63) is 0 Å². The fraction of sp³-hybridized carbons (Fsp3) is 1.00. The highest BCUT2D eigenvalue weighted by molar-refractivity contribution is 7.33. The van der Waals surface area contributed by atoms with Crippen LogP contribution in [0.15, 0.2) is 0 Å². The Kier molecular flexibility index (Phi) is 12.5. The van der Waals surface area contributed by atoms with E-state index >= 15 is 0 Å². The van der Waals surface area contributed by atoms with Gasteiger partial charge in [-0.2, -0.15) is 0 Å². The van der Waals surface area contributed by atoms with Gasteiger partial charge in [-0.25, -0.2) is 0 Å². The molecule has 0 aromatic heterocycles. The Morgan fingerprint density at radius 1 is 1.00 bits per heavy atom. The smallest absolute Gasteiger partial charge is 0.396 e. The molecule has 0 saturated carbocycles. The second-order valence-electron chi connectivity index (χ2n) is 4.75. The molecule has 7 nitrogen and oxygen atoms in total. The molecular formula is C12H26O7P+. The molecule has 120 valence electrons. The van der Waals surface area contributed by atoms with Gasteiger partial charge in [0, 0.05) is 10.5 Å². The van der Waals surface area contributed by atoms with Gasteiger partial charge in [-0.3, -0.25) is 0 Å². The van der Waals surface area contributed by atoms with Crippen LogP contribution in [0.5, 0.6) is 0 Å². The molecule has 0 rings (SSSR count). The molecule has 8 heteroatoms. The molecule has 1 N–H and O–H groups in total. The molecule has 0 aliphatic carbocycles. The highest BCUT2D eigenvalue weighted by Gasteiger charge is 2.22. The zero-order valence-electron chi connectivity index (χ0n) is 12.6. The SMILES string of the molecule is CC(C)OCOCC(CO)COCO[P+](=O)OC(C)C. The minimum atomic E-state index is -2.16. The van der Waals surface area contributed by atoms with E-state index in [4.69, 9.17) is 28.4 Å². The zero-order chi connectivity index (χ0) is 15.4. The topological polar surface area (TPSA) is 83.5 Å². The third-order valence-corrected chi connectivity index (χ3v) is 2.90. The summed E-state index contributed by atoms with van der Waals surface area (Å²) in [5.74, 6) is -0.182. The Hall–Kier alpha value is -0.140. The van der Waals surface area contributed by atoms with E-state index in [1.807, 2.05) is 13.8 Å². The third-order valence-electron chi connectivity index (χ3n) is 1.99. The average Bonchev–Trinajstić information content (AvgIpc) is 2.35. The normalized spacial score (nSPS) is 14.1. The summed E-state index contributed by atoms with van der Waals surface area (Å²) in [7, 11) is -2.16. The van der Waals surface area contributed by atoms with E-state index in [1.54, 1.807) is 13.8 Å². The summed E-state index contributed by atoms with van der Waals surface area (Å²) in [6, 6.07) is 0. The van der Waals surface area contributed by atoms with Crippen molar-refractivity contribution < 1.29 is 32.9 Å². The fourth-order valence-corrected chi connectivity index (χ4v) is 1.62. The second kappa shape index (κ2) is 12.6. The van der Waals surface area contributed by atoms with Crippen LogP contribution < -0.4 is 0 Å². The molecule has 0 amide bonds. The molecule has 0 saturated heterocycles. The zero-order valence-corrected chi connectivity index (χ0v) is 13.5. The van der Waals surface area contributed by atoms with Crippen molar-refractivity contribution in [1.82, 2.24) is 0 Å². The van der Waals surface area contributed by atoms with Gasteiger partial charge in [-0.05, 0) is 27.7 Å². The van der Waals surface area contributed by atoms with Crippen LogP contribution in [0.4, 0.5) is 0 Å². The average molecular weight is 313 g/mol. The van der Waals surface area contributed by atoms with Crippen molar-refractivity contribution in [2.45, 2.75) is 39.9 Å². The van der Waals surface area contributed by atoms with Crippen molar-refractivity contribution >= 4 is 8.25 Å². The predicted octanol–water partition coefficient (Wildman–Crippen LogP) is 2.07. The Morgan fingerprint density at radius 2 is 1.60 bits per heavy atom. The number of hydrogen-bond acceptors (Lipinski definition) is 7. The summed E-state index contributed by atoms with van der Waals surface area (Å²) >= 11 is 0. The van der Waals surface area contributed by atoms with Gasteiger partial charge in [0.05, 0.1) is 25.9 Å². The van der Waals surface area contributed by atoms with Crippen LogP contribution in [0.25, 0.3) is 0 Å². The highest BCUT2D eigenvalue weighted by Crippen LogP contribution is 2.25.